The Morgan fingerprint density at radius 1 is 1.03 bits per heavy atom. The summed E-state index contributed by atoms with van der Waals surface area (Å²) in [6, 6.07) is 10.5. The van der Waals surface area contributed by atoms with Gasteiger partial charge in [-0.1, -0.05) is 44.2 Å². The van der Waals surface area contributed by atoms with E-state index in [0.717, 1.165) is 17.2 Å². The molecule has 186 valence electrons. The van der Waals surface area contributed by atoms with Crippen molar-refractivity contribution in [1.82, 2.24) is 9.58 Å². The molecule has 0 spiro atoms. The van der Waals surface area contributed by atoms with Gasteiger partial charge in [-0.25, -0.2) is 4.39 Å². The molecular formula is C27H25F2N3O4. The van der Waals surface area contributed by atoms with E-state index in [0.29, 0.717) is 5.56 Å². The fourth-order valence-corrected chi connectivity index (χ4v) is 4.82. The number of halogens is 2. The summed E-state index contributed by atoms with van der Waals surface area (Å²) < 4.78 is 36.7. The second kappa shape index (κ2) is 9.14. The molecule has 2 aliphatic rings. The average Bonchev–Trinajstić information content (AvgIpc) is 2.89. The smallest absolute Gasteiger partial charge is 0.278 e. The summed E-state index contributed by atoms with van der Waals surface area (Å²) >= 11 is 0. The molecule has 0 aliphatic carbocycles. The van der Waals surface area contributed by atoms with Crippen molar-refractivity contribution < 1.29 is 23.4 Å². The quantitative estimate of drug-likeness (QED) is 0.546. The van der Waals surface area contributed by atoms with E-state index in [1.807, 2.05) is 38.1 Å². The molecule has 0 saturated heterocycles. The van der Waals surface area contributed by atoms with Crippen LogP contribution in [0.1, 0.15) is 53.0 Å². The van der Waals surface area contributed by atoms with Crippen LogP contribution in [0, 0.1) is 11.6 Å². The number of ether oxygens (including phenoxy) is 1. The molecule has 3 aromatic rings. The van der Waals surface area contributed by atoms with E-state index in [1.54, 1.807) is 17.2 Å². The lowest BCUT2D eigenvalue weighted by atomic mass is 9.88. The number of rotatable bonds is 2. The number of fused-ring (bicyclic) bond motifs is 5. The van der Waals surface area contributed by atoms with Gasteiger partial charge in [0.15, 0.2) is 23.0 Å². The molecule has 2 aliphatic heterocycles. The van der Waals surface area contributed by atoms with E-state index >= 15 is 4.39 Å². The van der Waals surface area contributed by atoms with E-state index in [-0.39, 0.29) is 37.2 Å². The normalized spacial score (nSPS) is 18.2. The zero-order valence-electron chi connectivity index (χ0n) is 19.8. The lowest BCUT2D eigenvalue weighted by molar-refractivity contribution is 0.0701. The van der Waals surface area contributed by atoms with Crippen molar-refractivity contribution in [2.75, 3.05) is 24.8 Å². The van der Waals surface area contributed by atoms with Crippen LogP contribution in [0.2, 0.25) is 0 Å². The number of nitrogens with zero attached hydrogens (tertiary/aromatic N) is 3. The largest absolute Gasteiger partial charge is 0.502 e. The van der Waals surface area contributed by atoms with Crippen molar-refractivity contribution in [3.8, 4) is 11.5 Å². The molecule has 1 aromatic heterocycles. The zero-order valence-corrected chi connectivity index (χ0v) is 19.8. The highest BCUT2D eigenvalue weighted by Crippen LogP contribution is 2.41. The van der Waals surface area contributed by atoms with E-state index in [1.165, 1.54) is 27.9 Å². The number of aromatic nitrogens is 1. The van der Waals surface area contributed by atoms with Crippen LogP contribution >= 0.6 is 0 Å². The fraction of sp³-hybridized carbons (Fsp3) is 0.259. The standard InChI is InChI=1S/C27H25F2N3O4/c1-16(2)17-7-3-4-8-18(17)23-19-9-10-20(28)22(29)26(19)36-14-6-5-12-30-15-32(23)31-13-11-21(33)25(34)24(31)27(30)35/h3-11,13,16,23,34H,12,14-15H2,1-2H3/b6-5-. The van der Waals surface area contributed by atoms with Gasteiger partial charge in [0.25, 0.3) is 5.91 Å². The molecule has 0 saturated carbocycles. The Balaban J connectivity index is 1.87. The molecule has 0 fully saturated rings. The number of carbonyl (C=O) groups is 1. The van der Waals surface area contributed by atoms with Crippen LogP contribution in [-0.2, 0) is 0 Å². The number of amides is 1. The fourth-order valence-electron chi connectivity index (χ4n) is 4.82. The van der Waals surface area contributed by atoms with Crippen LogP contribution in [0.4, 0.5) is 8.78 Å². The summed E-state index contributed by atoms with van der Waals surface area (Å²) in [5.41, 5.74) is 1.21. The molecule has 1 N–H and O–H groups in total. The van der Waals surface area contributed by atoms with Gasteiger partial charge in [0, 0.05) is 24.4 Å². The van der Waals surface area contributed by atoms with Crippen molar-refractivity contribution in [3.63, 3.8) is 0 Å². The molecule has 0 radical (unpaired) electrons. The first-order chi connectivity index (χ1) is 17.3. The number of aromatic hydroxyl groups is 1. The van der Waals surface area contributed by atoms with Crippen molar-refractivity contribution in [2.45, 2.75) is 25.8 Å². The summed E-state index contributed by atoms with van der Waals surface area (Å²) in [4.78, 5) is 27.1. The summed E-state index contributed by atoms with van der Waals surface area (Å²) in [6.07, 6.45) is 4.69. The predicted molar refractivity (Wildman–Crippen MR) is 130 cm³/mol. The summed E-state index contributed by atoms with van der Waals surface area (Å²) in [7, 11) is 0. The molecule has 1 amide bonds. The molecule has 2 aromatic carbocycles. The Morgan fingerprint density at radius 3 is 2.58 bits per heavy atom. The van der Waals surface area contributed by atoms with Crippen molar-refractivity contribution in [2.24, 2.45) is 0 Å². The van der Waals surface area contributed by atoms with Gasteiger partial charge in [-0.15, -0.1) is 0 Å². The van der Waals surface area contributed by atoms with Crippen molar-refractivity contribution >= 4 is 5.91 Å². The lowest BCUT2D eigenvalue weighted by Crippen LogP contribution is -2.55. The first-order valence-electron chi connectivity index (χ1n) is 11.6. The zero-order chi connectivity index (χ0) is 25.6. The summed E-state index contributed by atoms with van der Waals surface area (Å²) in [5, 5.41) is 12.4. The van der Waals surface area contributed by atoms with Gasteiger partial charge < -0.3 is 14.7 Å². The summed E-state index contributed by atoms with van der Waals surface area (Å²) in [6.45, 7) is 4.23. The Morgan fingerprint density at radius 2 is 1.81 bits per heavy atom. The Kier molecular flexibility index (Phi) is 5.99. The molecule has 1 atom stereocenters. The Hall–Kier alpha value is -4.14. The third-order valence-corrected chi connectivity index (χ3v) is 6.54. The van der Waals surface area contributed by atoms with Crippen LogP contribution in [-0.4, -0.2) is 40.4 Å². The monoisotopic (exact) mass is 493 g/mol. The average molecular weight is 494 g/mol. The summed E-state index contributed by atoms with van der Waals surface area (Å²) in [5.74, 6) is -3.50. The first-order valence-corrected chi connectivity index (χ1v) is 11.6. The highest BCUT2D eigenvalue weighted by Gasteiger charge is 2.38. The molecule has 9 heteroatoms. The number of hydrogen-bond donors (Lipinski definition) is 1. The van der Waals surface area contributed by atoms with Gasteiger partial charge in [-0.3, -0.25) is 19.3 Å². The number of benzene rings is 2. The predicted octanol–water partition coefficient (Wildman–Crippen LogP) is 4.05. The van der Waals surface area contributed by atoms with Gasteiger partial charge in [-0.2, -0.15) is 4.39 Å². The van der Waals surface area contributed by atoms with Gasteiger partial charge in [0.1, 0.15) is 19.3 Å². The Bertz CT molecular complexity index is 1430. The van der Waals surface area contributed by atoms with Crippen LogP contribution in [0.25, 0.3) is 0 Å². The van der Waals surface area contributed by atoms with E-state index in [4.69, 9.17) is 4.74 Å². The van der Waals surface area contributed by atoms with Crippen LogP contribution < -0.4 is 15.2 Å². The van der Waals surface area contributed by atoms with Crippen LogP contribution in [0.15, 0.2) is 65.6 Å². The first kappa shape index (κ1) is 23.6. The molecule has 3 heterocycles. The highest BCUT2D eigenvalue weighted by atomic mass is 19.2. The SMILES string of the molecule is CC(C)c1ccccc1C1c2ccc(F)c(F)c2OC/C=C\CN2CN1n1ccc(=O)c(O)c1C2=O. The maximum absolute atomic E-state index is 15.2. The molecular weight excluding hydrogens is 468 g/mol. The second-order valence-electron chi connectivity index (χ2n) is 9.08. The molecule has 2 bridgehead atoms. The molecule has 36 heavy (non-hydrogen) atoms. The van der Waals surface area contributed by atoms with Crippen LogP contribution in [0.3, 0.4) is 0 Å². The Labute approximate surface area is 206 Å². The third kappa shape index (κ3) is 3.80. The minimum atomic E-state index is -1.11. The van der Waals surface area contributed by atoms with Crippen molar-refractivity contribution in [1.29, 1.82) is 0 Å². The molecule has 7 nitrogen and oxygen atoms in total. The highest BCUT2D eigenvalue weighted by molar-refractivity contribution is 5.96. The number of pyridine rings is 1. The molecule has 5 rings (SSSR count). The van der Waals surface area contributed by atoms with Gasteiger partial charge in [0.05, 0.1) is 0 Å². The van der Waals surface area contributed by atoms with E-state index in [2.05, 4.69) is 0 Å². The van der Waals surface area contributed by atoms with E-state index in [9.17, 15) is 19.1 Å². The second-order valence-corrected chi connectivity index (χ2v) is 9.08. The van der Waals surface area contributed by atoms with Gasteiger partial charge >= 0.3 is 0 Å². The minimum Gasteiger partial charge on any atom is -0.502 e. The lowest BCUT2D eigenvalue weighted by Gasteiger charge is -2.44. The number of carbonyl (C=O) groups excluding carboxylic acids is 1. The van der Waals surface area contributed by atoms with Crippen LogP contribution in [0.5, 0.6) is 11.5 Å². The van der Waals surface area contributed by atoms with Gasteiger partial charge in [0.2, 0.25) is 11.2 Å². The van der Waals surface area contributed by atoms with E-state index < -0.39 is 34.8 Å². The topological polar surface area (TPSA) is 75.0 Å². The van der Waals surface area contributed by atoms with Crippen molar-refractivity contribution in [3.05, 3.63) is 105 Å². The third-order valence-electron chi connectivity index (χ3n) is 6.54. The maximum Gasteiger partial charge on any atom is 0.278 e. The molecule has 1 unspecified atom stereocenters. The maximum atomic E-state index is 15.2. The minimum absolute atomic E-state index is 0.0377. The van der Waals surface area contributed by atoms with Gasteiger partial charge in [-0.05, 0) is 35.3 Å². The number of hydrogen-bond acceptors (Lipinski definition) is 5.